The molecule has 0 aliphatic heterocycles. The number of unbranched alkanes of at least 4 members (excludes halogenated alkanes) is 1. The number of amides is 2. The summed E-state index contributed by atoms with van der Waals surface area (Å²) in [6.07, 6.45) is -2.85. The number of alkyl halides is 3. The Morgan fingerprint density at radius 2 is 1.15 bits per heavy atom. The maximum atomic E-state index is 14.6. The number of pyridine rings is 1. The highest BCUT2D eigenvalue weighted by atomic mass is 19.4. The van der Waals surface area contributed by atoms with E-state index < -0.39 is 47.9 Å². The molecule has 6 aromatic rings. The maximum absolute atomic E-state index is 14.6. The summed E-state index contributed by atoms with van der Waals surface area (Å²) in [4.78, 5) is 57.2. The van der Waals surface area contributed by atoms with Crippen LogP contribution in [0.4, 0.5) is 19.0 Å². The van der Waals surface area contributed by atoms with Crippen molar-refractivity contribution in [2.45, 2.75) is 62.2 Å². The van der Waals surface area contributed by atoms with Crippen molar-refractivity contribution in [1.82, 2.24) is 15.6 Å². The fourth-order valence-electron chi connectivity index (χ4n) is 7.52. The number of nitrogens with zero attached hydrogens (tertiary/aromatic N) is 1. The van der Waals surface area contributed by atoms with E-state index in [-0.39, 0.29) is 18.7 Å². The van der Waals surface area contributed by atoms with Gasteiger partial charge in [0, 0.05) is 24.6 Å². The minimum absolute atomic E-state index is 0.102. The zero-order chi connectivity index (χ0) is 43.8. The molecule has 5 aromatic carbocycles. The Kier molecular flexibility index (Phi) is 15.4. The number of aromatic nitrogens is 1. The average Bonchev–Trinajstić information content (AvgIpc) is 3.30. The number of nitrogens with one attached hydrogen (secondary N) is 3. The van der Waals surface area contributed by atoms with Gasteiger partial charge in [0.2, 0.25) is 11.8 Å². The van der Waals surface area contributed by atoms with Gasteiger partial charge in [0.15, 0.2) is 0 Å². The molecule has 2 atom stereocenters. The summed E-state index contributed by atoms with van der Waals surface area (Å²) >= 11 is 0. The molecule has 0 radical (unpaired) electrons. The van der Waals surface area contributed by atoms with Gasteiger partial charge in [-0.1, -0.05) is 152 Å². The molecule has 62 heavy (non-hydrogen) atoms. The van der Waals surface area contributed by atoms with Crippen molar-refractivity contribution in [3.63, 3.8) is 0 Å². The van der Waals surface area contributed by atoms with E-state index in [9.17, 15) is 32.3 Å². The molecule has 6 rings (SSSR count). The number of hydrogen-bond acceptors (Lipinski definition) is 7. The van der Waals surface area contributed by atoms with Gasteiger partial charge in [0.05, 0.1) is 12.5 Å². The molecule has 1 heterocycles. The molecule has 2 amide bonds. The second-order valence-corrected chi connectivity index (χ2v) is 14.8. The Balaban J connectivity index is 1.30. The van der Waals surface area contributed by atoms with Gasteiger partial charge in [-0.2, -0.15) is 13.2 Å². The molecule has 318 valence electrons. The summed E-state index contributed by atoms with van der Waals surface area (Å²) < 4.78 is 43.6. The van der Waals surface area contributed by atoms with Crippen LogP contribution in [0.5, 0.6) is 0 Å². The third kappa shape index (κ3) is 12.0. The molecular weight excluding hydrogens is 794 g/mol. The zero-order valence-corrected chi connectivity index (χ0v) is 33.9. The highest BCUT2D eigenvalue weighted by Gasteiger charge is 2.43. The highest BCUT2D eigenvalue weighted by Crippen LogP contribution is 2.43. The number of rotatable bonds is 19. The lowest BCUT2D eigenvalue weighted by atomic mass is 9.66. The fraction of sp³-hybridized carbons (Fsp3) is 0.220. The van der Waals surface area contributed by atoms with Gasteiger partial charge in [0.25, 0.3) is 0 Å². The number of anilines is 1. The van der Waals surface area contributed by atoms with E-state index in [2.05, 4.69) is 25.7 Å². The molecule has 0 spiro atoms. The summed E-state index contributed by atoms with van der Waals surface area (Å²) in [5, 5.41) is 8.99. The van der Waals surface area contributed by atoms with Crippen molar-refractivity contribution >= 4 is 29.6 Å². The first-order valence-corrected chi connectivity index (χ1v) is 20.4. The number of carbonyl (C=O) groups excluding carboxylic acids is 4. The summed E-state index contributed by atoms with van der Waals surface area (Å²) in [6, 6.07) is 48.9. The Labute approximate surface area is 358 Å². The van der Waals surface area contributed by atoms with Crippen LogP contribution < -0.4 is 16.0 Å². The predicted molar refractivity (Wildman–Crippen MR) is 231 cm³/mol. The number of carbonyl (C=O) groups is 4. The van der Waals surface area contributed by atoms with E-state index in [0.29, 0.717) is 37.2 Å². The summed E-state index contributed by atoms with van der Waals surface area (Å²) in [7, 11) is 0. The van der Waals surface area contributed by atoms with Crippen LogP contribution in [0.25, 0.3) is 11.1 Å². The first-order valence-electron chi connectivity index (χ1n) is 20.4. The summed E-state index contributed by atoms with van der Waals surface area (Å²) in [5.41, 5.74) is 4.15. The van der Waals surface area contributed by atoms with Crippen LogP contribution in [0.15, 0.2) is 170 Å². The lowest BCUT2D eigenvalue weighted by molar-refractivity contribution is -0.202. The normalized spacial score (nSPS) is 12.4. The minimum Gasteiger partial charge on any atom is -0.386 e. The SMILES string of the molecule is O=C(CCCCNc1ccccn1)N[C@@H](CCC(c1ccccc1)(c1ccccc1)c1ccccc1)C(=O)NC(CC(=O)OC(=O)C(F)(F)F)c1ccc(-c2ccccc2)cc1. The number of esters is 2. The standard InChI is InChI=1S/C50H47F3N4O5/c51-50(52,53)48(61)62-46(59)35-43(38-29-27-37(28-30-38)36-17-5-1-6-18-36)57-47(60)42(56-45(58)26-14-16-34-55-44-25-13-15-33-54-44)31-32-49(39-19-7-2-8-20-39,40-21-9-3-10-22-40)41-23-11-4-12-24-41/h1-13,15,17-25,27-30,33,42-43H,14,16,26,31-32,34-35H2,(H,54,55)(H,56,58)(H,57,60)/t42-,43?/m0/s1. The van der Waals surface area contributed by atoms with Crippen molar-refractivity contribution < 1.29 is 37.1 Å². The highest BCUT2D eigenvalue weighted by molar-refractivity contribution is 5.90. The molecule has 9 nitrogen and oxygen atoms in total. The molecule has 0 saturated carbocycles. The van der Waals surface area contributed by atoms with E-state index in [0.717, 1.165) is 27.8 Å². The van der Waals surface area contributed by atoms with E-state index in [1.54, 1.807) is 30.5 Å². The molecule has 0 aliphatic rings. The lowest BCUT2D eigenvalue weighted by Gasteiger charge is -2.37. The molecule has 3 N–H and O–H groups in total. The van der Waals surface area contributed by atoms with Crippen molar-refractivity contribution in [3.8, 4) is 11.1 Å². The Morgan fingerprint density at radius 3 is 1.68 bits per heavy atom. The second-order valence-electron chi connectivity index (χ2n) is 14.8. The van der Waals surface area contributed by atoms with Crippen LogP contribution >= 0.6 is 0 Å². The Hall–Kier alpha value is -7.08. The molecule has 12 heteroatoms. The van der Waals surface area contributed by atoms with Crippen LogP contribution in [-0.2, 0) is 29.3 Å². The smallest absolute Gasteiger partial charge is 0.386 e. The first-order chi connectivity index (χ1) is 30.0. The number of hydrogen-bond donors (Lipinski definition) is 3. The maximum Gasteiger partial charge on any atom is 0.491 e. The summed E-state index contributed by atoms with van der Waals surface area (Å²) in [6.45, 7) is 0.569. The van der Waals surface area contributed by atoms with Gasteiger partial charge in [-0.05, 0) is 71.2 Å². The van der Waals surface area contributed by atoms with Gasteiger partial charge in [-0.15, -0.1) is 0 Å². The van der Waals surface area contributed by atoms with Crippen molar-refractivity contribution in [2.24, 2.45) is 0 Å². The van der Waals surface area contributed by atoms with E-state index in [1.807, 2.05) is 140 Å². The third-order valence-electron chi connectivity index (χ3n) is 10.6. The van der Waals surface area contributed by atoms with Gasteiger partial charge < -0.3 is 20.7 Å². The van der Waals surface area contributed by atoms with Crippen LogP contribution in [0.3, 0.4) is 0 Å². The Bertz CT molecular complexity index is 2250. The molecule has 1 unspecified atom stereocenters. The quantitative estimate of drug-likeness (QED) is 0.0321. The van der Waals surface area contributed by atoms with E-state index in [4.69, 9.17) is 0 Å². The average molecular weight is 841 g/mol. The second kappa shape index (κ2) is 21.4. The summed E-state index contributed by atoms with van der Waals surface area (Å²) in [5.74, 6) is -4.49. The number of ether oxygens (including phenoxy) is 1. The van der Waals surface area contributed by atoms with Gasteiger partial charge in [-0.25, -0.2) is 9.78 Å². The van der Waals surface area contributed by atoms with Crippen LogP contribution in [0, 0.1) is 0 Å². The lowest BCUT2D eigenvalue weighted by Crippen LogP contribution is -2.49. The molecule has 1 aromatic heterocycles. The van der Waals surface area contributed by atoms with Gasteiger partial charge in [-0.3, -0.25) is 14.4 Å². The van der Waals surface area contributed by atoms with E-state index >= 15 is 0 Å². The van der Waals surface area contributed by atoms with Crippen molar-refractivity contribution in [1.29, 1.82) is 0 Å². The third-order valence-corrected chi connectivity index (χ3v) is 10.6. The Morgan fingerprint density at radius 1 is 0.613 bits per heavy atom. The topological polar surface area (TPSA) is 126 Å². The largest absolute Gasteiger partial charge is 0.491 e. The van der Waals surface area contributed by atoms with Crippen LogP contribution in [0.1, 0.15) is 66.8 Å². The molecular formula is C50H47F3N4O5. The van der Waals surface area contributed by atoms with Gasteiger partial charge in [0.1, 0.15) is 11.9 Å². The molecule has 0 saturated heterocycles. The minimum atomic E-state index is -5.40. The van der Waals surface area contributed by atoms with Crippen LogP contribution in [-0.4, -0.2) is 47.5 Å². The molecule has 0 aliphatic carbocycles. The van der Waals surface area contributed by atoms with Crippen molar-refractivity contribution in [3.05, 3.63) is 192 Å². The predicted octanol–water partition coefficient (Wildman–Crippen LogP) is 9.51. The van der Waals surface area contributed by atoms with Gasteiger partial charge >= 0.3 is 18.1 Å². The molecule has 0 bridgehead atoms. The fourth-order valence-corrected chi connectivity index (χ4v) is 7.52. The van der Waals surface area contributed by atoms with Crippen LogP contribution in [0.2, 0.25) is 0 Å². The molecule has 0 fully saturated rings. The number of benzene rings is 5. The zero-order valence-electron chi connectivity index (χ0n) is 33.9. The first kappa shape index (κ1) is 44.5. The monoisotopic (exact) mass is 840 g/mol. The number of halogens is 3. The van der Waals surface area contributed by atoms with E-state index in [1.165, 1.54) is 0 Å². The van der Waals surface area contributed by atoms with Crippen molar-refractivity contribution in [2.75, 3.05) is 11.9 Å².